The number of hydrogen-bond acceptors (Lipinski definition) is 4. The first-order chi connectivity index (χ1) is 12.6. The van der Waals surface area contributed by atoms with Gasteiger partial charge in [-0.15, -0.1) is 0 Å². The Bertz CT molecular complexity index is 823. The Hall–Kier alpha value is -3.35. The maximum Gasteiger partial charge on any atom is 0.244 e. The van der Waals surface area contributed by atoms with Gasteiger partial charge in [-0.3, -0.25) is 19.3 Å². The zero-order valence-electron chi connectivity index (χ0n) is 14.1. The third-order valence-corrected chi connectivity index (χ3v) is 4.06. The largest absolute Gasteiger partial charge is 0.491 e. The van der Waals surface area contributed by atoms with Gasteiger partial charge in [-0.05, 0) is 17.7 Å². The normalized spacial score (nSPS) is 14.6. The van der Waals surface area contributed by atoms with Crippen LogP contribution in [0.15, 0.2) is 54.6 Å². The molecule has 1 heterocycles. The third kappa shape index (κ3) is 3.83. The lowest BCUT2D eigenvalue weighted by atomic mass is 10.1. The molecule has 3 rings (SSSR count). The van der Waals surface area contributed by atoms with Gasteiger partial charge in [0.25, 0.3) is 0 Å². The van der Waals surface area contributed by atoms with Gasteiger partial charge in [0.2, 0.25) is 17.7 Å². The SMILES string of the molecule is NC(=O)[C@@H](NC(=O)CN1C(=O)CCOc2ccccc21)c1ccccc1. The van der Waals surface area contributed by atoms with Gasteiger partial charge in [0.05, 0.1) is 18.7 Å². The third-order valence-electron chi connectivity index (χ3n) is 4.06. The van der Waals surface area contributed by atoms with Crippen LogP contribution in [0.2, 0.25) is 0 Å². The molecular weight excluding hydrogens is 334 g/mol. The van der Waals surface area contributed by atoms with E-state index in [2.05, 4.69) is 5.32 Å². The molecule has 1 atom stereocenters. The van der Waals surface area contributed by atoms with Crippen molar-refractivity contribution in [2.45, 2.75) is 12.5 Å². The van der Waals surface area contributed by atoms with Crippen molar-refractivity contribution in [3.8, 4) is 5.75 Å². The minimum atomic E-state index is -0.961. The van der Waals surface area contributed by atoms with Crippen LogP contribution < -0.4 is 20.7 Å². The highest BCUT2D eigenvalue weighted by Crippen LogP contribution is 2.30. The van der Waals surface area contributed by atoms with E-state index in [1.54, 1.807) is 54.6 Å². The summed E-state index contributed by atoms with van der Waals surface area (Å²) in [6, 6.07) is 14.8. The monoisotopic (exact) mass is 353 g/mol. The van der Waals surface area contributed by atoms with E-state index in [4.69, 9.17) is 10.5 Å². The number of hydrogen-bond donors (Lipinski definition) is 2. The molecule has 3 N–H and O–H groups in total. The Labute approximate surface area is 150 Å². The molecule has 0 bridgehead atoms. The Morgan fingerprint density at radius 1 is 1.12 bits per heavy atom. The van der Waals surface area contributed by atoms with E-state index in [0.29, 0.717) is 17.0 Å². The second-order valence-electron chi connectivity index (χ2n) is 5.86. The second kappa shape index (κ2) is 7.69. The molecule has 7 nitrogen and oxygen atoms in total. The van der Waals surface area contributed by atoms with Gasteiger partial charge in [0, 0.05) is 0 Å². The number of primary amides is 1. The molecule has 134 valence electrons. The molecule has 0 unspecified atom stereocenters. The zero-order valence-corrected chi connectivity index (χ0v) is 14.1. The number of rotatable bonds is 5. The van der Waals surface area contributed by atoms with Crippen molar-refractivity contribution in [3.63, 3.8) is 0 Å². The van der Waals surface area contributed by atoms with Crippen molar-refractivity contribution in [1.82, 2.24) is 5.32 Å². The number of amides is 3. The highest BCUT2D eigenvalue weighted by molar-refractivity contribution is 6.01. The van der Waals surface area contributed by atoms with E-state index < -0.39 is 17.9 Å². The lowest BCUT2D eigenvalue weighted by Gasteiger charge is -2.23. The van der Waals surface area contributed by atoms with Gasteiger partial charge in [0.15, 0.2) is 0 Å². The molecule has 0 aromatic heterocycles. The van der Waals surface area contributed by atoms with Crippen LogP contribution in [0, 0.1) is 0 Å². The number of fused-ring (bicyclic) bond motifs is 1. The van der Waals surface area contributed by atoms with E-state index in [1.165, 1.54) is 4.90 Å². The van der Waals surface area contributed by atoms with Crippen molar-refractivity contribution in [2.75, 3.05) is 18.1 Å². The first-order valence-corrected chi connectivity index (χ1v) is 8.22. The summed E-state index contributed by atoms with van der Waals surface area (Å²) in [7, 11) is 0. The number of anilines is 1. The Balaban J connectivity index is 1.78. The van der Waals surface area contributed by atoms with Crippen LogP contribution in [-0.4, -0.2) is 30.9 Å². The minimum Gasteiger partial charge on any atom is -0.491 e. The molecule has 0 fully saturated rings. The summed E-state index contributed by atoms with van der Waals surface area (Å²) in [6.07, 6.45) is 0.167. The fourth-order valence-corrected chi connectivity index (χ4v) is 2.81. The molecule has 0 radical (unpaired) electrons. The van der Waals surface area contributed by atoms with E-state index in [1.807, 2.05) is 0 Å². The molecule has 0 saturated heterocycles. The Morgan fingerprint density at radius 2 is 1.81 bits per heavy atom. The average Bonchev–Trinajstić information content (AvgIpc) is 2.79. The highest BCUT2D eigenvalue weighted by Gasteiger charge is 2.27. The van der Waals surface area contributed by atoms with Gasteiger partial charge in [-0.1, -0.05) is 42.5 Å². The van der Waals surface area contributed by atoms with E-state index in [-0.39, 0.29) is 25.5 Å². The molecule has 0 spiro atoms. The fraction of sp³-hybridized carbons (Fsp3) is 0.211. The quantitative estimate of drug-likeness (QED) is 0.842. The van der Waals surface area contributed by atoms with Crippen LogP contribution >= 0.6 is 0 Å². The Morgan fingerprint density at radius 3 is 2.54 bits per heavy atom. The first kappa shape index (κ1) is 17.5. The van der Waals surface area contributed by atoms with Crippen LogP contribution in [0.4, 0.5) is 5.69 Å². The lowest BCUT2D eigenvalue weighted by Crippen LogP contribution is -2.44. The number of ether oxygens (including phenoxy) is 1. The van der Waals surface area contributed by atoms with Crippen molar-refractivity contribution in [3.05, 3.63) is 60.2 Å². The smallest absolute Gasteiger partial charge is 0.244 e. The maximum absolute atomic E-state index is 12.5. The lowest BCUT2D eigenvalue weighted by molar-refractivity contribution is -0.127. The number of carbonyl (C=O) groups is 3. The van der Waals surface area contributed by atoms with Crippen LogP contribution in [0.3, 0.4) is 0 Å². The molecule has 1 aliphatic heterocycles. The summed E-state index contributed by atoms with van der Waals surface area (Å²) in [6.45, 7) is 0.0255. The van der Waals surface area contributed by atoms with E-state index in [9.17, 15) is 14.4 Å². The second-order valence-corrected chi connectivity index (χ2v) is 5.86. The molecule has 26 heavy (non-hydrogen) atoms. The van der Waals surface area contributed by atoms with Gasteiger partial charge >= 0.3 is 0 Å². The zero-order chi connectivity index (χ0) is 18.5. The summed E-state index contributed by atoms with van der Waals surface area (Å²) in [5.41, 5.74) is 6.54. The summed E-state index contributed by atoms with van der Waals surface area (Å²) in [4.78, 5) is 38.0. The van der Waals surface area contributed by atoms with Crippen LogP contribution in [-0.2, 0) is 14.4 Å². The molecule has 3 amide bonds. The van der Waals surface area contributed by atoms with Crippen LogP contribution in [0.25, 0.3) is 0 Å². The molecular formula is C19H19N3O4. The summed E-state index contributed by atoms with van der Waals surface area (Å²) in [5.74, 6) is -0.834. The van der Waals surface area contributed by atoms with Gasteiger partial charge in [-0.25, -0.2) is 0 Å². The topological polar surface area (TPSA) is 102 Å². The van der Waals surface area contributed by atoms with E-state index >= 15 is 0 Å². The average molecular weight is 353 g/mol. The number of carbonyl (C=O) groups excluding carboxylic acids is 3. The number of benzene rings is 2. The summed E-state index contributed by atoms with van der Waals surface area (Å²) >= 11 is 0. The van der Waals surface area contributed by atoms with Crippen molar-refractivity contribution in [2.24, 2.45) is 5.73 Å². The van der Waals surface area contributed by atoms with E-state index in [0.717, 1.165) is 0 Å². The van der Waals surface area contributed by atoms with Crippen LogP contribution in [0.5, 0.6) is 5.75 Å². The van der Waals surface area contributed by atoms with Crippen molar-refractivity contribution in [1.29, 1.82) is 0 Å². The highest BCUT2D eigenvalue weighted by atomic mass is 16.5. The molecule has 1 aliphatic rings. The summed E-state index contributed by atoms with van der Waals surface area (Å²) in [5, 5.41) is 2.60. The van der Waals surface area contributed by atoms with Gasteiger partial charge in [-0.2, -0.15) is 0 Å². The van der Waals surface area contributed by atoms with Crippen LogP contribution in [0.1, 0.15) is 18.0 Å². The van der Waals surface area contributed by atoms with Gasteiger partial charge < -0.3 is 15.8 Å². The Kier molecular flexibility index (Phi) is 5.17. The van der Waals surface area contributed by atoms with Gasteiger partial charge in [0.1, 0.15) is 18.3 Å². The summed E-state index contributed by atoms with van der Waals surface area (Å²) < 4.78 is 5.55. The number of nitrogens with zero attached hydrogens (tertiary/aromatic N) is 1. The molecule has 0 saturated carbocycles. The minimum absolute atomic E-state index is 0.167. The first-order valence-electron chi connectivity index (χ1n) is 8.22. The molecule has 0 aliphatic carbocycles. The molecule has 7 heteroatoms. The number of nitrogens with two attached hydrogens (primary N) is 1. The maximum atomic E-state index is 12.5. The van der Waals surface area contributed by atoms with Crippen molar-refractivity contribution < 1.29 is 19.1 Å². The molecule has 2 aromatic carbocycles. The predicted molar refractivity (Wildman–Crippen MR) is 95.4 cm³/mol. The number of para-hydroxylation sites is 2. The fourth-order valence-electron chi connectivity index (χ4n) is 2.81. The van der Waals surface area contributed by atoms with Crippen molar-refractivity contribution >= 4 is 23.4 Å². The standard InChI is InChI=1S/C19H19N3O4/c20-19(25)18(13-6-2-1-3-7-13)21-16(23)12-22-14-8-4-5-9-15(14)26-11-10-17(22)24/h1-9,18H,10-12H2,(H2,20,25)(H,21,23)/t18-/m0/s1. The predicted octanol–water partition coefficient (Wildman–Crippen LogP) is 1.14. The molecule has 2 aromatic rings. The number of nitrogens with one attached hydrogen (secondary N) is 1.